The lowest BCUT2D eigenvalue weighted by Crippen LogP contribution is -2.50. The first-order valence-corrected chi connectivity index (χ1v) is 11.4. The summed E-state index contributed by atoms with van der Waals surface area (Å²) in [6.45, 7) is 7.74. The molecule has 2 aromatic carbocycles. The van der Waals surface area contributed by atoms with Crippen LogP contribution in [-0.2, 0) is 4.79 Å². The first-order chi connectivity index (χ1) is 16.3. The Labute approximate surface area is 202 Å². The predicted octanol–water partition coefficient (Wildman–Crippen LogP) is 4.46. The number of nitrogens with one attached hydrogen (secondary N) is 1. The zero-order valence-electron chi connectivity index (χ0n) is 19.3. The second kappa shape index (κ2) is 9.95. The van der Waals surface area contributed by atoms with E-state index in [1.165, 1.54) is 12.1 Å². The first-order valence-electron chi connectivity index (χ1n) is 11.0. The van der Waals surface area contributed by atoms with Crippen LogP contribution in [0.25, 0.3) is 11.3 Å². The summed E-state index contributed by atoms with van der Waals surface area (Å²) >= 11 is 6.19. The number of benzene rings is 2. The van der Waals surface area contributed by atoms with Crippen LogP contribution in [0.15, 0.2) is 40.9 Å². The number of carbonyl (C=O) groups excluding carboxylic acids is 2. The summed E-state index contributed by atoms with van der Waals surface area (Å²) in [5.74, 6) is -0.670. The summed E-state index contributed by atoms with van der Waals surface area (Å²) < 4.78 is 19.7. The SMILES string of the molecule is Cc1cccc(NC(=O)CN2CCN(C(=O)c3c(-c4c(F)cccc4Cl)noc3C)CC2)c1C. The van der Waals surface area contributed by atoms with Crippen molar-refractivity contribution in [2.24, 2.45) is 0 Å². The molecular weight excluding hydrogens is 459 g/mol. The Kier molecular flexibility index (Phi) is 7.00. The number of halogens is 2. The first kappa shape index (κ1) is 23.9. The molecule has 178 valence electrons. The molecule has 2 amide bonds. The van der Waals surface area contributed by atoms with Gasteiger partial charge in [0.05, 0.1) is 17.1 Å². The second-order valence-corrected chi connectivity index (χ2v) is 8.83. The summed E-state index contributed by atoms with van der Waals surface area (Å²) in [6.07, 6.45) is 0. The lowest BCUT2D eigenvalue weighted by Gasteiger charge is -2.34. The Bertz CT molecular complexity index is 1210. The van der Waals surface area contributed by atoms with Gasteiger partial charge >= 0.3 is 0 Å². The highest BCUT2D eigenvalue weighted by atomic mass is 35.5. The van der Waals surface area contributed by atoms with Crippen LogP contribution in [0.3, 0.4) is 0 Å². The van der Waals surface area contributed by atoms with E-state index in [9.17, 15) is 14.0 Å². The minimum atomic E-state index is -0.575. The molecule has 1 aliphatic heterocycles. The Balaban J connectivity index is 1.41. The van der Waals surface area contributed by atoms with Gasteiger partial charge in [-0.2, -0.15) is 0 Å². The van der Waals surface area contributed by atoms with Crippen LogP contribution in [-0.4, -0.2) is 59.5 Å². The average molecular weight is 485 g/mol. The van der Waals surface area contributed by atoms with Gasteiger partial charge in [-0.3, -0.25) is 14.5 Å². The van der Waals surface area contributed by atoms with Crippen LogP contribution in [0.5, 0.6) is 0 Å². The molecule has 1 saturated heterocycles. The van der Waals surface area contributed by atoms with E-state index in [-0.39, 0.29) is 40.2 Å². The van der Waals surface area contributed by atoms with E-state index < -0.39 is 5.82 Å². The monoisotopic (exact) mass is 484 g/mol. The van der Waals surface area contributed by atoms with E-state index in [0.717, 1.165) is 16.8 Å². The summed E-state index contributed by atoms with van der Waals surface area (Å²) in [4.78, 5) is 29.5. The van der Waals surface area contributed by atoms with Crippen LogP contribution in [0.1, 0.15) is 27.2 Å². The Morgan fingerprint density at radius 3 is 2.50 bits per heavy atom. The number of piperazine rings is 1. The number of nitrogens with zero attached hydrogens (tertiary/aromatic N) is 3. The van der Waals surface area contributed by atoms with E-state index in [4.69, 9.17) is 16.1 Å². The average Bonchev–Trinajstić information content (AvgIpc) is 3.17. The fourth-order valence-electron chi connectivity index (χ4n) is 4.07. The normalized spacial score (nSPS) is 14.3. The molecule has 0 saturated carbocycles. The molecule has 0 aliphatic carbocycles. The highest BCUT2D eigenvalue weighted by Crippen LogP contribution is 2.34. The van der Waals surface area contributed by atoms with E-state index in [1.807, 2.05) is 36.9 Å². The topological polar surface area (TPSA) is 78.7 Å². The van der Waals surface area contributed by atoms with Crippen molar-refractivity contribution in [2.75, 3.05) is 38.0 Å². The quantitative estimate of drug-likeness (QED) is 0.578. The Hall–Kier alpha value is -3.23. The Morgan fingerprint density at radius 2 is 1.79 bits per heavy atom. The second-order valence-electron chi connectivity index (χ2n) is 8.42. The fraction of sp³-hybridized carbons (Fsp3) is 0.320. The number of anilines is 1. The van der Waals surface area contributed by atoms with Gasteiger partial charge in [0.25, 0.3) is 5.91 Å². The van der Waals surface area contributed by atoms with Crippen LogP contribution in [0.2, 0.25) is 5.02 Å². The number of aromatic nitrogens is 1. The lowest BCUT2D eigenvalue weighted by atomic mass is 10.0. The van der Waals surface area contributed by atoms with Gasteiger partial charge in [0.2, 0.25) is 5.91 Å². The smallest absolute Gasteiger partial charge is 0.259 e. The van der Waals surface area contributed by atoms with Crippen molar-refractivity contribution in [3.05, 3.63) is 69.7 Å². The molecule has 0 radical (unpaired) electrons. The van der Waals surface area contributed by atoms with Crippen molar-refractivity contribution in [1.82, 2.24) is 15.0 Å². The minimum Gasteiger partial charge on any atom is -0.360 e. The molecule has 0 atom stereocenters. The highest BCUT2D eigenvalue weighted by Gasteiger charge is 2.30. The van der Waals surface area contributed by atoms with Crippen LogP contribution >= 0.6 is 11.6 Å². The molecule has 9 heteroatoms. The maximum Gasteiger partial charge on any atom is 0.259 e. The third kappa shape index (κ3) is 4.83. The molecule has 3 aromatic rings. The molecule has 1 aromatic heterocycles. The van der Waals surface area contributed by atoms with Crippen molar-refractivity contribution in [2.45, 2.75) is 20.8 Å². The van der Waals surface area contributed by atoms with Gasteiger partial charge in [0.15, 0.2) is 0 Å². The largest absolute Gasteiger partial charge is 0.360 e. The van der Waals surface area contributed by atoms with E-state index >= 15 is 0 Å². The number of rotatable bonds is 5. The van der Waals surface area contributed by atoms with Gasteiger partial charge in [-0.05, 0) is 50.1 Å². The lowest BCUT2D eigenvalue weighted by molar-refractivity contribution is -0.117. The van der Waals surface area contributed by atoms with Crippen molar-refractivity contribution >= 4 is 29.1 Å². The summed E-state index contributed by atoms with van der Waals surface area (Å²) in [6, 6.07) is 10.1. The molecule has 7 nitrogen and oxygen atoms in total. The molecular formula is C25H26ClFN4O3. The summed E-state index contributed by atoms with van der Waals surface area (Å²) in [5, 5.41) is 7.04. The predicted molar refractivity (Wildman–Crippen MR) is 129 cm³/mol. The van der Waals surface area contributed by atoms with Gasteiger partial charge in [0, 0.05) is 31.9 Å². The van der Waals surface area contributed by atoms with E-state index in [2.05, 4.69) is 10.5 Å². The third-order valence-electron chi connectivity index (χ3n) is 6.18. The highest BCUT2D eigenvalue weighted by molar-refractivity contribution is 6.33. The van der Waals surface area contributed by atoms with Crippen molar-refractivity contribution < 1.29 is 18.5 Å². The van der Waals surface area contributed by atoms with Crippen molar-refractivity contribution in [3.8, 4) is 11.3 Å². The maximum absolute atomic E-state index is 14.5. The molecule has 1 N–H and O–H groups in total. The molecule has 1 fully saturated rings. The zero-order valence-corrected chi connectivity index (χ0v) is 20.1. The molecule has 1 aliphatic rings. The van der Waals surface area contributed by atoms with Gasteiger partial charge in [0.1, 0.15) is 22.8 Å². The van der Waals surface area contributed by atoms with E-state index in [0.29, 0.717) is 31.9 Å². The number of hydrogen-bond donors (Lipinski definition) is 1. The third-order valence-corrected chi connectivity index (χ3v) is 6.50. The van der Waals surface area contributed by atoms with Crippen molar-refractivity contribution in [3.63, 3.8) is 0 Å². The van der Waals surface area contributed by atoms with Crippen LogP contribution in [0.4, 0.5) is 10.1 Å². The van der Waals surface area contributed by atoms with Crippen LogP contribution < -0.4 is 5.32 Å². The maximum atomic E-state index is 14.5. The number of carbonyl (C=O) groups is 2. The zero-order chi connectivity index (χ0) is 24.4. The van der Waals surface area contributed by atoms with E-state index in [1.54, 1.807) is 17.9 Å². The molecule has 0 spiro atoms. The number of aryl methyl sites for hydroxylation is 2. The standard InChI is InChI=1S/C25H26ClFN4O3/c1-15-6-4-9-20(16(15)2)28-21(32)14-30-10-12-31(13-11-30)25(33)22-17(3)34-29-24(22)23-18(26)7-5-8-19(23)27/h4-9H,10-14H2,1-3H3,(H,28,32). The minimum absolute atomic E-state index is 0.0473. The van der Waals surface area contributed by atoms with Gasteiger partial charge in [-0.1, -0.05) is 35.0 Å². The summed E-state index contributed by atoms with van der Waals surface area (Å²) in [7, 11) is 0. The molecule has 2 heterocycles. The summed E-state index contributed by atoms with van der Waals surface area (Å²) in [5.41, 5.74) is 3.31. The van der Waals surface area contributed by atoms with Crippen molar-refractivity contribution in [1.29, 1.82) is 0 Å². The number of hydrogen-bond acceptors (Lipinski definition) is 5. The van der Waals surface area contributed by atoms with Gasteiger partial charge < -0.3 is 14.7 Å². The van der Waals surface area contributed by atoms with Crippen LogP contribution in [0, 0.1) is 26.6 Å². The fourth-order valence-corrected chi connectivity index (χ4v) is 4.32. The Morgan fingerprint density at radius 1 is 1.09 bits per heavy atom. The molecule has 34 heavy (non-hydrogen) atoms. The van der Waals surface area contributed by atoms with Gasteiger partial charge in [-0.15, -0.1) is 0 Å². The molecule has 4 rings (SSSR count). The molecule has 0 unspecified atom stereocenters. The van der Waals surface area contributed by atoms with Gasteiger partial charge in [-0.25, -0.2) is 4.39 Å². The number of amides is 2. The molecule has 0 bridgehead atoms.